The molecule has 0 aliphatic rings. The molecule has 0 saturated carbocycles. The van der Waals surface area contributed by atoms with Crippen molar-refractivity contribution in [2.75, 3.05) is 13.1 Å². The van der Waals surface area contributed by atoms with E-state index in [1.807, 2.05) is 42.2 Å². The number of benzene rings is 1. The smallest absolute Gasteiger partial charge is 0.307 e. The Kier molecular flexibility index (Phi) is 5.34. The molecule has 0 aliphatic heterocycles. The first kappa shape index (κ1) is 14.2. The predicted octanol–water partition coefficient (Wildman–Crippen LogP) is 2.29. The van der Waals surface area contributed by atoms with Crippen molar-refractivity contribution >= 4 is 5.97 Å². The molecule has 0 heterocycles. The minimum absolute atomic E-state index is 0.0349. The molecule has 0 amide bonds. The maximum absolute atomic E-state index is 10.9. The van der Waals surface area contributed by atoms with E-state index >= 15 is 0 Å². The van der Waals surface area contributed by atoms with E-state index in [4.69, 9.17) is 10.4 Å². The third-order valence-electron chi connectivity index (χ3n) is 3.03. The predicted molar refractivity (Wildman–Crippen MR) is 68.8 cm³/mol. The van der Waals surface area contributed by atoms with Crippen molar-refractivity contribution in [2.24, 2.45) is 5.92 Å². The molecule has 1 N–H and O–H groups in total. The van der Waals surface area contributed by atoms with E-state index in [1.165, 1.54) is 0 Å². The molecule has 2 atom stereocenters. The van der Waals surface area contributed by atoms with Gasteiger partial charge in [-0.1, -0.05) is 37.3 Å². The monoisotopic (exact) mass is 246 g/mol. The zero-order valence-corrected chi connectivity index (χ0v) is 10.7. The summed E-state index contributed by atoms with van der Waals surface area (Å²) in [5.74, 6) is -1.32. The van der Waals surface area contributed by atoms with Gasteiger partial charge in [0.1, 0.15) is 0 Å². The van der Waals surface area contributed by atoms with Crippen LogP contribution in [0.2, 0.25) is 0 Å². The van der Waals surface area contributed by atoms with E-state index in [1.54, 1.807) is 6.92 Å². The lowest BCUT2D eigenvalue weighted by atomic mass is 10.0. The van der Waals surface area contributed by atoms with Crippen molar-refractivity contribution < 1.29 is 9.90 Å². The molecule has 4 nitrogen and oxygen atoms in total. The maximum atomic E-state index is 10.9. The van der Waals surface area contributed by atoms with Crippen LogP contribution in [0.1, 0.15) is 25.5 Å². The van der Waals surface area contributed by atoms with Crippen LogP contribution < -0.4 is 0 Å². The van der Waals surface area contributed by atoms with Crippen molar-refractivity contribution in [2.45, 2.75) is 19.9 Å². The largest absolute Gasteiger partial charge is 0.481 e. The summed E-state index contributed by atoms with van der Waals surface area (Å²) in [6.07, 6.45) is 0. The molecule has 4 heteroatoms. The van der Waals surface area contributed by atoms with Gasteiger partial charge in [0.2, 0.25) is 0 Å². The highest BCUT2D eigenvalue weighted by Gasteiger charge is 2.21. The summed E-state index contributed by atoms with van der Waals surface area (Å²) in [5, 5.41) is 17.8. The summed E-state index contributed by atoms with van der Waals surface area (Å²) < 4.78 is 0. The van der Waals surface area contributed by atoms with Crippen LogP contribution in [0.25, 0.3) is 0 Å². The Hall–Kier alpha value is -1.86. The summed E-state index contributed by atoms with van der Waals surface area (Å²) in [5.41, 5.74) is 1.09. The van der Waals surface area contributed by atoms with Gasteiger partial charge in [-0.15, -0.1) is 0 Å². The fourth-order valence-corrected chi connectivity index (χ4v) is 1.82. The third kappa shape index (κ3) is 3.86. The van der Waals surface area contributed by atoms with Crippen molar-refractivity contribution in [3.8, 4) is 6.07 Å². The molecule has 18 heavy (non-hydrogen) atoms. The number of nitriles is 1. The highest BCUT2D eigenvalue weighted by Crippen LogP contribution is 2.20. The fourth-order valence-electron chi connectivity index (χ4n) is 1.82. The second-order valence-corrected chi connectivity index (χ2v) is 4.41. The summed E-state index contributed by atoms with van der Waals surface area (Å²) >= 11 is 0. The summed E-state index contributed by atoms with van der Waals surface area (Å²) in [6, 6.07) is 11.9. The maximum Gasteiger partial charge on any atom is 0.307 e. The molecule has 96 valence electrons. The summed E-state index contributed by atoms with van der Waals surface area (Å²) in [6.45, 7) is 4.25. The Morgan fingerprint density at radius 2 is 2.00 bits per heavy atom. The second-order valence-electron chi connectivity index (χ2n) is 4.41. The standard InChI is InChI=1S/C14H18N2O2/c1-11(14(17)18)10-16(9-8-15)12(2)13-6-4-3-5-7-13/h3-7,11-12H,9-10H2,1-2H3,(H,17,18). The number of carboxylic acid groups (broad SMARTS) is 1. The zero-order chi connectivity index (χ0) is 13.5. The van der Waals surface area contributed by atoms with Gasteiger partial charge in [0.05, 0.1) is 18.5 Å². The van der Waals surface area contributed by atoms with Gasteiger partial charge >= 0.3 is 5.97 Å². The second kappa shape index (κ2) is 6.77. The number of aliphatic carboxylic acids is 1. The van der Waals surface area contributed by atoms with Crippen LogP contribution in [-0.2, 0) is 4.79 Å². The molecule has 0 aromatic heterocycles. The number of rotatable bonds is 6. The quantitative estimate of drug-likeness (QED) is 0.782. The minimum atomic E-state index is -0.835. The molecule has 1 aromatic carbocycles. The first-order valence-corrected chi connectivity index (χ1v) is 5.95. The summed E-state index contributed by atoms with van der Waals surface area (Å²) in [4.78, 5) is 12.8. The van der Waals surface area contributed by atoms with Crippen LogP contribution in [-0.4, -0.2) is 29.1 Å². The first-order chi connectivity index (χ1) is 8.56. The Bertz CT molecular complexity index is 425. The van der Waals surface area contributed by atoms with E-state index < -0.39 is 11.9 Å². The molecule has 0 aliphatic carbocycles. The van der Waals surface area contributed by atoms with Gasteiger partial charge in [-0.25, -0.2) is 0 Å². The van der Waals surface area contributed by atoms with Gasteiger partial charge in [0, 0.05) is 12.6 Å². The molecular formula is C14H18N2O2. The highest BCUT2D eigenvalue weighted by atomic mass is 16.4. The van der Waals surface area contributed by atoms with Crippen molar-refractivity contribution in [3.05, 3.63) is 35.9 Å². The molecule has 0 fully saturated rings. The molecule has 0 saturated heterocycles. The number of carbonyl (C=O) groups is 1. The molecule has 0 spiro atoms. The lowest BCUT2D eigenvalue weighted by Crippen LogP contribution is -2.34. The summed E-state index contributed by atoms with van der Waals surface area (Å²) in [7, 11) is 0. The molecule has 0 radical (unpaired) electrons. The van der Waals surface area contributed by atoms with Crippen LogP contribution in [0.4, 0.5) is 0 Å². The molecular weight excluding hydrogens is 228 g/mol. The van der Waals surface area contributed by atoms with E-state index in [2.05, 4.69) is 6.07 Å². The first-order valence-electron chi connectivity index (χ1n) is 5.95. The van der Waals surface area contributed by atoms with E-state index in [9.17, 15) is 4.79 Å². The van der Waals surface area contributed by atoms with Crippen molar-refractivity contribution in [1.29, 1.82) is 5.26 Å². The fraction of sp³-hybridized carbons (Fsp3) is 0.429. The number of hydrogen-bond donors (Lipinski definition) is 1. The Labute approximate surface area is 107 Å². The van der Waals surface area contributed by atoms with Crippen LogP contribution in [0, 0.1) is 17.2 Å². The molecule has 1 aromatic rings. The van der Waals surface area contributed by atoms with Crippen molar-refractivity contribution in [3.63, 3.8) is 0 Å². The van der Waals surface area contributed by atoms with Gasteiger partial charge in [0.15, 0.2) is 0 Å². The number of nitrogens with zero attached hydrogens (tertiary/aromatic N) is 2. The third-order valence-corrected chi connectivity index (χ3v) is 3.03. The molecule has 2 unspecified atom stereocenters. The normalized spacial score (nSPS) is 13.9. The zero-order valence-electron chi connectivity index (χ0n) is 10.7. The van der Waals surface area contributed by atoms with Gasteiger partial charge in [-0.05, 0) is 12.5 Å². The highest BCUT2D eigenvalue weighted by molar-refractivity contribution is 5.69. The SMILES string of the molecule is CC(CN(CC#N)C(C)c1ccccc1)C(=O)O. The number of hydrogen-bond acceptors (Lipinski definition) is 3. The Morgan fingerprint density at radius 3 is 2.50 bits per heavy atom. The van der Waals surface area contributed by atoms with Gasteiger partial charge in [-0.2, -0.15) is 5.26 Å². The lowest BCUT2D eigenvalue weighted by Gasteiger charge is -2.28. The van der Waals surface area contributed by atoms with Crippen LogP contribution in [0.15, 0.2) is 30.3 Å². The van der Waals surface area contributed by atoms with Crippen LogP contribution >= 0.6 is 0 Å². The lowest BCUT2D eigenvalue weighted by molar-refractivity contribution is -0.141. The van der Waals surface area contributed by atoms with Gasteiger partial charge < -0.3 is 5.11 Å². The minimum Gasteiger partial charge on any atom is -0.481 e. The Morgan fingerprint density at radius 1 is 1.39 bits per heavy atom. The molecule has 1 rings (SSSR count). The average molecular weight is 246 g/mol. The average Bonchev–Trinajstić information content (AvgIpc) is 2.38. The van der Waals surface area contributed by atoms with Crippen LogP contribution in [0.5, 0.6) is 0 Å². The van der Waals surface area contributed by atoms with Gasteiger partial charge in [-0.3, -0.25) is 9.69 Å². The van der Waals surface area contributed by atoms with Crippen LogP contribution in [0.3, 0.4) is 0 Å². The van der Waals surface area contributed by atoms with Crippen molar-refractivity contribution in [1.82, 2.24) is 4.90 Å². The van der Waals surface area contributed by atoms with E-state index in [0.717, 1.165) is 5.56 Å². The topological polar surface area (TPSA) is 64.3 Å². The van der Waals surface area contributed by atoms with Gasteiger partial charge in [0.25, 0.3) is 0 Å². The number of carboxylic acids is 1. The Balaban J connectivity index is 2.79. The molecule has 0 bridgehead atoms. The van der Waals surface area contributed by atoms with E-state index in [-0.39, 0.29) is 12.6 Å². The van der Waals surface area contributed by atoms with E-state index in [0.29, 0.717) is 6.54 Å².